The molecule has 0 aliphatic carbocycles. The van der Waals surface area contributed by atoms with E-state index in [2.05, 4.69) is 28.0 Å². The Bertz CT molecular complexity index is 615. The number of ether oxygens (including phenoxy) is 3. The lowest BCUT2D eigenvalue weighted by atomic mass is 9.75. The SMILES string of the molecule is COCCN1C[C@H](c2ccc3c(c2)OCO3)[C@@H]2[C@H]1C1CCN2CC1. The van der Waals surface area contributed by atoms with E-state index in [4.69, 9.17) is 14.2 Å². The van der Waals surface area contributed by atoms with Gasteiger partial charge in [0.25, 0.3) is 0 Å². The van der Waals surface area contributed by atoms with E-state index in [0.717, 1.165) is 37.1 Å². The molecule has 0 spiro atoms. The summed E-state index contributed by atoms with van der Waals surface area (Å²) in [5, 5.41) is 0. The lowest BCUT2D eigenvalue weighted by molar-refractivity contribution is -0.0116. The third kappa shape index (κ3) is 2.25. The van der Waals surface area contributed by atoms with Gasteiger partial charge in [0.2, 0.25) is 6.79 Å². The van der Waals surface area contributed by atoms with E-state index in [0.29, 0.717) is 24.8 Å². The Morgan fingerprint density at radius 3 is 2.79 bits per heavy atom. The van der Waals surface area contributed by atoms with Crippen molar-refractivity contribution in [1.29, 1.82) is 0 Å². The monoisotopic (exact) mass is 330 g/mol. The first-order chi connectivity index (χ1) is 11.8. The Kier molecular flexibility index (Phi) is 3.69. The maximum atomic E-state index is 5.62. The van der Waals surface area contributed by atoms with E-state index >= 15 is 0 Å². The molecule has 0 saturated carbocycles. The summed E-state index contributed by atoms with van der Waals surface area (Å²) in [7, 11) is 1.80. The Morgan fingerprint density at radius 2 is 1.96 bits per heavy atom. The van der Waals surface area contributed by atoms with E-state index in [1.165, 1.54) is 31.5 Å². The third-order valence-electron chi connectivity index (χ3n) is 6.50. The molecule has 5 aliphatic heterocycles. The standard InChI is InChI=1S/C19H26N2O3/c1-22-9-8-21-11-15(14-2-3-16-17(10-14)24-12-23-16)19-18(21)13-4-6-20(19)7-5-13/h2-3,10,13,15,18-19H,4-9,11-12H2,1H3/t15-,18-,19-/m1/s1. The number of benzene rings is 1. The summed E-state index contributed by atoms with van der Waals surface area (Å²) in [6.07, 6.45) is 2.72. The molecular formula is C19H26N2O3. The quantitative estimate of drug-likeness (QED) is 0.843. The maximum Gasteiger partial charge on any atom is 0.231 e. The Hall–Kier alpha value is -1.30. The average molecular weight is 330 g/mol. The number of nitrogens with zero attached hydrogens (tertiary/aromatic N) is 2. The molecule has 0 aromatic heterocycles. The molecule has 2 bridgehead atoms. The highest BCUT2D eigenvalue weighted by Crippen LogP contribution is 2.47. The first-order valence-corrected chi connectivity index (χ1v) is 9.22. The molecule has 6 rings (SSSR count). The number of likely N-dealkylation sites (tertiary alicyclic amines) is 1. The van der Waals surface area contributed by atoms with Crippen molar-refractivity contribution in [2.75, 3.05) is 46.7 Å². The van der Waals surface area contributed by atoms with Crippen molar-refractivity contribution in [3.8, 4) is 11.5 Å². The average Bonchev–Trinajstić information content (AvgIpc) is 3.26. The highest BCUT2D eigenvalue weighted by molar-refractivity contribution is 5.46. The molecule has 5 aliphatic rings. The van der Waals surface area contributed by atoms with E-state index in [9.17, 15) is 0 Å². The summed E-state index contributed by atoms with van der Waals surface area (Å²) in [6, 6.07) is 7.89. The molecular weight excluding hydrogens is 304 g/mol. The summed E-state index contributed by atoms with van der Waals surface area (Å²) in [5.74, 6) is 3.21. The summed E-state index contributed by atoms with van der Waals surface area (Å²) in [4.78, 5) is 5.44. The molecule has 24 heavy (non-hydrogen) atoms. The molecule has 0 amide bonds. The lowest BCUT2D eigenvalue weighted by Crippen LogP contribution is -2.60. The van der Waals surface area contributed by atoms with Crippen LogP contribution in [0.4, 0.5) is 0 Å². The minimum absolute atomic E-state index is 0.351. The molecule has 4 fully saturated rings. The minimum atomic E-state index is 0.351. The number of hydrogen-bond donors (Lipinski definition) is 0. The van der Waals surface area contributed by atoms with Gasteiger partial charge >= 0.3 is 0 Å². The van der Waals surface area contributed by atoms with Crippen LogP contribution in [0.2, 0.25) is 0 Å². The topological polar surface area (TPSA) is 34.2 Å². The molecule has 1 aromatic carbocycles. The van der Waals surface area contributed by atoms with Crippen molar-refractivity contribution < 1.29 is 14.2 Å². The van der Waals surface area contributed by atoms with E-state index in [1.807, 2.05) is 0 Å². The molecule has 5 nitrogen and oxygen atoms in total. The summed E-state index contributed by atoms with van der Waals surface area (Å²) in [6.45, 7) is 5.89. The second-order valence-electron chi connectivity index (χ2n) is 7.56. The summed E-state index contributed by atoms with van der Waals surface area (Å²) in [5.41, 5.74) is 1.40. The van der Waals surface area contributed by atoms with E-state index in [-0.39, 0.29) is 0 Å². The van der Waals surface area contributed by atoms with Crippen molar-refractivity contribution in [3.05, 3.63) is 23.8 Å². The summed E-state index contributed by atoms with van der Waals surface area (Å²) >= 11 is 0. The van der Waals surface area contributed by atoms with Crippen molar-refractivity contribution in [3.63, 3.8) is 0 Å². The van der Waals surface area contributed by atoms with Gasteiger partial charge in [-0.2, -0.15) is 0 Å². The van der Waals surface area contributed by atoms with Crippen molar-refractivity contribution in [2.24, 2.45) is 5.92 Å². The smallest absolute Gasteiger partial charge is 0.231 e. The van der Waals surface area contributed by atoms with Gasteiger partial charge in [0, 0.05) is 38.2 Å². The molecule has 1 aromatic rings. The van der Waals surface area contributed by atoms with Crippen LogP contribution in [0, 0.1) is 5.92 Å². The lowest BCUT2D eigenvalue weighted by Gasteiger charge is -2.51. The molecule has 0 unspecified atom stereocenters. The van der Waals surface area contributed by atoms with Crippen molar-refractivity contribution >= 4 is 0 Å². The highest BCUT2D eigenvalue weighted by Gasteiger charge is 2.53. The second-order valence-corrected chi connectivity index (χ2v) is 7.56. The predicted molar refractivity (Wildman–Crippen MR) is 90.6 cm³/mol. The van der Waals surface area contributed by atoms with Gasteiger partial charge in [-0.15, -0.1) is 0 Å². The number of piperidine rings is 3. The van der Waals surface area contributed by atoms with Gasteiger partial charge < -0.3 is 14.2 Å². The zero-order valence-electron chi connectivity index (χ0n) is 14.3. The van der Waals surface area contributed by atoms with Crippen LogP contribution in [-0.2, 0) is 4.74 Å². The molecule has 0 N–H and O–H groups in total. The molecule has 5 heterocycles. The first kappa shape index (κ1) is 15.0. The summed E-state index contributed by atoms with van der Waals surface area (Å²) < 4.78 is 16.5. The van der Waals surface area contributed by atoms with Crippen LogP contribution in [0.15, 0.2) is 18.2 Å². The zero-order valence-corrected chi connectivity index (χ0v) is 14.3. The third-order valence-corrected chi connectivity index (χ3v) is 6.50. The van der Waals surface area contributed by atoms with Gasteiger partial charge in [0.1, 0.15) is 0 Å². The number of methoxy groups -OCH3 is 1. The largest absolute Gasteiger partial charge is 0.454 e. The van der Waals surface area contributed by atoms with Crippen LogP contribution in [0.25, 0.3) is 0 Å². The van der Waals surface area contributed by atoms with Crippen LogP contribution < -0.4 is 9.47 Å². The van der Waals surface area contributed by atoms with Crippen molar-refractivity contribution in [1.82, 2.24) is 9.80 Å². The number of fused-ring (bicyclic) bond motifs is 3. The second kappa shape index (κ2) is 5.90. The van der Waals surface area contributed by atoms with Crippen LogP contribution >= 0.6 is 0 Å². The van der Waals surface area contributed by atoms with Crippen LogP contribution in [-0.4, -0.2) is 68.6 Å². The first-order valence-electron chi connectivity index (χ1n) is 9.22. The molecule has 5 heteroatoms. The maximum absolute atomic E-state index is 5.62. The van der Waals surface area contributed by atoms with E-state index < -0.39 is 0 Å². The molecule has 130 valence electrons. The Labute approximate surface area is 143 Å². The number of rotatable bonds is 4. The van der Waals surface area contributed by atoms with Gasteiger partial charge in [-0.05, 0) is 49.5 Å². The van der Waals surface area contributed by atoms with Crippen LogP contribution in [0.1, 0.15) is 24.3 Å². The predicted octanol–water partition coefficient (Wildman–Crippen LogP) is 1.92. The number of hydrogen-bond acceptors (Lipinski definition) is 5. The highest BCUT2D eigenvalue weighted by atomic mass is 16.7. The van der Waals surface area contributed by atoms with Crippen LogP contribution in [0.3, 0.4) is 0 Å². The van der Waals surface area contributed by atoms with Gasteiger partial charge in [-0.25, -0.2) is 0 Å². The fraction of sp³-hybridized carbons (Fsp3) is 0.684. The normalized spacial score (nSPS) is 37.0. The van der Waals surface area contributed by atoms with Crippen molar-refractivity contribution in [2.45, 2.75) is 30.8 Å². The molecule has 3 atom stereocenters. The van der Waals surface area contributed by atoms with Gasteiger partial charge in [-0.1, -0.05) is 6.07 Å². The fourth-order valence-corrected chi connectivity index (χ4v) is 5.44. The van der Waals surface area contributed by atoms with Gasteiger partial charge in [0.05, 0.1) is 6.61 Å². The van der Waals surface area contributed by atoms with Crippen LogP contribution in [0.5, 0.6) is 11.5 Å². The molecule has 0 radical (unpaired) electrons. The molecule has 4 saturated heterocycles. The zero-order chi connectivity index (χ0) is 16.1. The van der Waals surface area contributed by atoms with E-state index in [1.54, 1.807) is 7.11 Å². The van der Waals surface area contributed by atoms with Gasteiger partial charge in [-0.3, -0.25) is 9.80 Å². The Morgan fingerprint density at radius 1 is 1.12 bits per heavy atom. The van der Waals surface area contributed by atoms with Gasteiger partial charge in [0.15, 0.2) is 11.5 Å². The minimum Gasteiger partial charge on any atom is -0.454 e. The Balaban J connectivity index is 1.47. The fourth-order valence-electron chi connectivity index (χ4n) is 5.44.